The second-order valence-corrected chi connectivity index (χ2v) is 4.94. The summed E-state index contributed by atoms with van der Waals surface area (Å²) >= 11 is 1.67. The van der Waals surface area contributed by atoms with Gasteiger partial charge in [-0.05, 0) is 29.1 Å². The maximum atomic E-state index is 5.83. The van der Waals surface area contributed by atoms with Crippen LogP contribution in [-0.2, 0) is 0 Å². The zero-order valence-electron chi connectivity index (χ0n) is 8.45. The van der Waals surface area contributed by atoms with E-state index in [1.54, 1.807) is 11.3 Å². The lowest BCUT2D eigenvalue weighted by atomic mass is 10.1. The number of nitrogen functional groups attached to an aromatic ring is 1. The molecule has 0 aliphatic heterocycles. The van der Waals surface area contributed by atoms with E-state index >= 15 is 0 Å². The van der Waals surface area contributed by atoms with Crippen LogP contribution in [0.3, 0.4) is 0 Å². The van der Waals surface area contributed by atoms with Crippen LogP contribution in [0.2, 0.25) is 0 Å². The first-order valence-electron chi connectivity index (χ1n) is 4.92. The van der Waals surface area contributed by atoms with Crippen LogP contribution in [0.1, 0.15) is 5.56 Å². The van der Waals surface area contributed by atoms with Crippen molar-refractivity contribution in [1.29, 1.82) is 0 Å². The Balaban J connectivity index is 2.53. The minimum Gasteiger partial charge on any atom is -0.391 e. The molecule has 0 aliphatic carbocycles. The van der Waals surface area contributed by atoms with Crippen molar-refractivity contribution in [3.05, 3.63) is 42.0 Å². The van der Waals surface area contributed by atoms with Gasteiger partial charge >= 0.3 is 0 Å². The fourth-order valence-corrected chi connectivity index (χ4v) is 2.93. The molecule has 3 aromatic rings. The van der Waals surface area contributed by atoms with Gasteiger partial charge in [0.25, 0.3) is 0 Å². The summed E-state index contributed by atoms with van der Waals surface area (Å²) in [6.07, 6.45) is 0. The van der Waals surface area contributed by atoms with Gasteiger partial charge in [0.2, 0.25) is 0 Å². The lowest BCUT2D eigenvalue weighted by Gasteiger charge is -2.00. The van der Waals surface area contributed by atoms with Gasteiger partial charge < -0.3 is 5.73 Å². The molecule has 0 fully saturated rings. The lowest BCUT2D eigenvalue weighted by molar-refractivity contribution is 1.51. The molecule has 2 N–H and O–H groups in total. The van der Waals surface area contributed by atoms with Gasteiger partial charge in [0.05, 0.1) is 5.00 Å². The maximum Gasteiger partial charge on any atom is 0.0869 e. The zero-order valence-corrected chi connectivity index (χ0v) is 9.27. The lowest BCUT2D eigenvalue weighted by Crippen LogP contribution is -1.75. The Morgan fingerprint density at radius 2 is 1.80 bits per heavy atom. The molecule has 0 atom stereocenters. The van der Waals surface area contributed by atoms with Gasteiger partial charge in [-0.2, -0.15) is 0 Å². The largest absolute Gasteiger partial charge is 0.391 e. The number of nitrogens with two attached hydrogens (primary N) is 1. The minimum atomic E-state index is 0.887. The molecule has 2 heteroatoms. The van der Waals surface area contributed by atoms with Gasteiger partial charge in [-0.15, -0.1) is 11.3 Å². The first kappa shape index (κ1) is 8.74. The van der Waals surface area contributed by atoms with Crippen LogP contribution in [0, 0.1) is 6.92 Å². The zero-order chi connectivity index (χ0) is 10.4. The molecule has 2 aromatic carbocycles. The van der Waals surface area contributed by atoms with Gasteiger partial charge in [0.1, 0.15) is 0 Å². The van der Waals surface area contributed by atoms with Crippen molar-refractivity contribution < 1.29 is 0 Å². The third kappa shape index (κ3) is 1.29. The van der Waals surface area contributed by atoms with E-state index in [1.165, 1.54) is 26.4 Å². The van der Waals surface area contributed by atoms with Gasteiger partial charge in [-0.1, -0.05) is 35.9 Å². The molecule has 1 heterocycles. The average Bonchev–Trinajstić information content (AvgIpc) is 2.58. The van der Waals surface area contributed by atoms with Crippen LogP contribution in [0.25, 0.3) is 20.9 Å². The molecule has 15 heavy (non-hydrogen) atoms. The molecule has 0 saturated carbocycles. The third-order valence-corrected chi connectivity index (χ3v) is 3.69. The molecular weight excluding hydrogens is 202 g/mol. The molecular formula is C13H11NS. The molecule has 0 radical (unpaired) electrons. The molecule has 0 spiro atoms. The van der Waals surface area contributed by atoms with E-state index in [0.29, 0.717) is 0 Å². The molecule has 0 unspecified atom stereocenters. The Labute approximate surface area is 92.1 Å². The number of aryl methyl sites for hydroxylation is 1. The van der Waals surface area contributed by atoms with E-state index in [-0.39, 0.29) is 0 Å². The molecule has 3 rings (SSSR count). The SMILES string of the molecule is Cc1ccc2c(ccc3cc(N)sc32)c1. The quantitative estimate of drug-likeness (QED) is 0.601. The summed E-state index contributed by atoms with van der Waals surface area (Å²) in [6.45, 7) is 2.12. The standard InChI is InChI=1S/C13H11NS/c1-8-2-5-11-9(6-8)3-4-10-7-12(14)15-13(10)11/h2-7H,14H2,1H3. The van der Waals surface area contributed by atoms with E-state index in [4.69, 9.17) is 5.73 Å². The molecule has 0 aliphatic rings. The van der Waals surface area contributed by atoms with Crippen molar-refractivity contribution in [3.8, 4) is 0 Å². The van der Waals surface area contributed by atoms with Gasteiger partial charge in [-0.25, -0.2) is 0 Å². The second-order valence-electron chi connectivity index (χ2n) is 3.86. The number of anilines is 1. The molecule has 0 amide bonds. The molecule has 0 bridgehead atoms. The topological polar surface area (TPSA) is 26.0 Å². The van der Waals surface area contributed by atoms with E-state index in [0.717, 1.165) is 5.00 Å². The average molecular weight is 213 g/mol. The predicted octanol–water partition coefficient (Wildman–Crippen LogP) is 3.95. The van der Waals surface area contributed by atoms with Crippen molar-refractivity contribution in [3.63, 3.8) is 0 Å². The van der Waals surface area contributed by atoms with Crippen LogP contribution in [0.15, 0.2) is 36.4 Å². The maximum absolute atomic E-state index is 5.83. The van der Waals surface area contributed by atoms with Gasteiger partial charge in [0, 0.05) is 4.70 Å². The highest BCUT2D eigenvalue weighted by Gasteiger charge is 2.03. The van der Waals surface area contributed by atoms with Crippen LogP contribution in [0.4, 0.5) is 5.00 Å². The molecule has 74 valence electrons. The Kier molecular flexibility index (Phi) is 1.73. The van der Waals surface area contributed by atoms with Gasteiger partial charge in [0.15, 0.2) is 0 Å². The Hall–Kier alpha value is -1.54. The van der Waals surface area contributed by atoms with Gasteiger partial charge in [-0.3, -0.25) is 0 Å². The Morgan fingerprint density at radius 1 is 1.00 bits per heavy atom. The summed E-state index contributed by atoms with van der Waals surface area (Å²) in [6, 6.07) is 12.9. The van der Waals surface area contributed by atoms with Crippen molar-refractivity contribution >= 4 is 37.2 Å². The number of thiophene rings is 1. The van der Waals surface area contributed by atoms with Crippen molar-refractivity contribution in [2.24, 2.45) is 0 Å². The summed E-state index contributed by atoms with van der Waals surface area (Å²) < 4.78 is 1.30. The van der Waals surface area contributed by atoms with Crippen LogP contribution in [0.5, 0.6) is 0 Å². The molecule has 1 aromatic heterocycles. The van der Waals surface area contributed by atoms with Crippen LogP contribution in [-0.4, -0.2) is 0 Å². The predicted molar refractivity (Wildman–Crippen MR) is 68.5 cm³/mol. The summed E-state index contributed by atoms with van der Waals surface area (Å²) in [5.41, 5.74) is 7.13. The Bertz CT molecular complexity index is 652. The highest BCUT2D eigenvalue weighted by Crippen LogP contribution is 2.34. The number of fused-ring (bicyclic) bond motifs is 3. The molecule has 0 saturated heterocycles. The first-order chi connectivity index (χ1) is 7.24. The summed E-state index contributed by atoms with van der Waals surface area (Å²) in [5.74, 6) is 0. The fourth-order valence-electron chi connectivity index (χ4n) is 1.97. The number of benzene rings is 2. The minimum absolute atomic E-state index is 0.887. The number of rotatable bonds is 0. The van der Waals surface area contributed by atoms with E-state index in [1.807, 2.05) is 6.07 Å². The highest BCUT2D eigenvalue weighted by molar-refractivity contribution is 7.23. The third-order valence-electron chi connectivity index (χ3n) is 2.67. The highest BCUT2D eigenvalue weighted by atomic mass is 32.1. The van der Waals surface area contributed by atoms with E-state index in [9.17, 15) is 0 Å². The Morgan fingerprint density at radius 3 is 2.67 bits per heavy atom. The summed E-state index contributed by atoms with van der Waals surface area (Å²) in [5, 5.41) is 4.73. The van der Waals surface area contributed by atoms with Crippen molar-refractivity contribution in [2.45, 2.75) is 6.92 Å². The smallest absolute Gasteiger partial charge is 0.0869 e. The number of hydrogen-bond donors (Lipinski definition) is 1. The normalized spacial score (nSPS) is 11.3. The molecule has 1 nitrogen and oxygen atoms in total. The van der Waals surface area contributed by atoms with E-state index in [2.05, 4.69) is 37.3 Å². The monoisotopic (exact) mass is 213 g/mol. The van der Waals surface area contributed by atoms with Crippen LogP contribution < -0.4 is 5.73 Å². The van der Waals surface area contributed by atoms with Crippen molar-refractivity contribution in [2.75, 3.05) is 5.73 Å². The second kappa shape index (κ2) is 2.97. The summed E-state index contributed by atoms with van der Waals surface area (Å²) in [4.78, 5) is 0. The first-order valence-corrected chi connectivity index (χ1v) is 5.74. The fraction of sp³-hybridized carbons (Fsp3) is 0.0769. The number of hydrogen-bond acceptors (Lipinski definition) is 2. The summed E-state index contributed by atoms with van der Waals surface area (Å²) in [7, 11) is 0. The van der Waals surface area contributed by atoms with Crippen LogP contribution >= 0.6 is 11.3 Å². The van der Waals surface area contributed by atoms with Crippen molar-refractivity contribution in [1.82, 2.24) is 0 Å². The van der Waals surface area contributed by atoms with E-state index < -0.39 is 0 Å².